The van der Waals surface area contributed by atoms with Crippen LogP contribution in [0.5, 0.6) is 0 Å². The number of para-hydroxylation sites is 1. The molecule has 0 N–H and O–H groups in total. The van der Waals surface area contributed by atoms with E-state index in [1.165, 1.54) is 0 Å². The van der Waals surface area contributed by atoms with Crippen LogP contribution < -0.4 is 0 Å². The minimum absolute atomic E-state index is 0.559. The molecule has 2 heterocycles. The lowest BCUT2D eigenvalue weighted by molar-refractivity contribution is 1.07. The normalized spacial score (nSPS) is 11.0. The van der Waals surface area contributed by atoms with Crippen LogP contribution in [0.2, 0.25) is 5.02 Å². The molecule has 0 fully saturated rings. The first-order chi connectivity index (χ1) is 17.2. The van der Waals surface area contributed by atoms with Gasteiger partial charge >= 0.3 is 0 Å². The molecule has 5 heteroatoms. The molecule has 0 aliphatic carbocycles. The summed E-state index contributed by atoms with van der Waals surface area (Å²) in [6, 6.07) is 35.9. The maximum atomic E-state index is 6.48. The number of benzene rings is 4. The third kappa shape index (κ3) is 4.27. The summed E-state index contributed by atoms with van der Waals surface area (Å²) in [5, 5.41) is 1.68. The number of rotatable bonds is 4. The Kier molecular flexibility index (Phi) is 5.49. The molecular formula is C30H19ClN4. The fraction of sp³-hybridized carbons (Fsp3) is 0. The first-order valence-electron chi connectivity index (χ1n) is 11.3. The van der Waals surface area contributed by atoms with Crippen LogP contribution in [0.4, 0.5) is 0 Å². The molecule has 4 nitrogen and oxygen atoms in total. The number of pyridine rings is 1. The highest BCUT2D eigenvalue weighted by Crippen LogP contribution is 2.35. The van der Waals surface area contributed by atoms with E-state index >= 15 is 0 Å². The van der Waals surface area contributed by atoms with E-state index in [9.17, 15) is 0 Å². The number of hydrogen-bond donors (Lipinski definition) is 0. The average Bonchev–Trinajstić information content (AvgIpc) is 2.93. The lowest BCUT2D eigenvalue weighted by Gasteiger charge is -2.13. The highest BCUT2D eigenvalue weighted by Gasteiger charge is 2.16. The highest BCUT2D eigenvalue weighted by molar-refractivity contribution is 6.31. The molecule has 0 saturated heterocycles. The van der Waals surface area contributed by atoms with Gasteiger partial charge in [0.2, 0.25) is 0 Å². The topological polar surface area (TPSA) is 51.6 Å². The second kappa shape index (κ2) is 9.09. The molecule has 35 heavy (non-hydrogen) atoms. The van der Waals surface area contributed by atoms with Crippen molar-refractivity contribution in [3.05, 3.63) is 120 Å². The van der Waals surface area contributed by atoms with Gasteiger partial charge in [-0.15, -0.1) is 0 Å². The average molecular weight is 471 g/mol. The maximum Gasteiger partial charge on any atom is 0.164 e. The standard InChI is InChI=1S/C30H19ClN4/c31-24-15-16-25(23-17-22-13-7-8-14-27(22)32-19-23)26(18-24)30-34-28(20-9-3-1-4-10-20)33-29(35-30)21-11-5-2-6-12-21/h1-19H. The van der Waals surface area contributed by atoms with Crippen LogP contribution in [-0.4, -0.2) is 19.9 Å². The largest absolute Gasteiger partial charge is 0.256 e. The van der Waals surface area contributed by atoms with E-state index in [2.05, 4.69) is 17.1 Å². The van der Waals surface area contributed by atoms with Gasteiger partial charge in [-0.25, -0.2) is 15.0 Å². The Morgan fingerprint density at radius 3 is 1.77 bits per heavy atom. The van der Waals surface area contributed by atoms with E-state index in [-0.39, 0.29) is 0 Å². The van der Waals surface area contributed by atoms with Crippen molar-refractivity contribution >= 4 is 22.5 Å². The van der Waals surface area contributed by atoms with Gasteiger partial charge in [0.1, 0.15) is 0 Å². The van der Waals surface area contributed by atoms with Crippen molar-refractivity contribution in [2.24, 2.45) is 0 Å². The molecule has 0 aliphatic rings. The lowest BCUT2D eigenvalue weighted by atomic mass is 9.99. The fourth-order valence-corrected chi connectivity index (χ4v) is 4.27. The highest BCUT2D eigenvalue weighted by atomic mass is 35.5. The molecule has 0 radical (unpaired) electrons. The Hall–Kier alpha value is -4.41. The van der Waals surface area contributed by atoms with Crippen molar-refractivity contribution in [1.82, 2.24) is 19.9 Å². The third-order valence-corrected chi connectivity index (χ3v) is 6.06. The molecule has 0 atom stereocenters. The number of halogens is 1. The Bertz CT molecular complexity index is 1590. The Labute approximate surface area is 208 Å². The van der Waals surface area contributed by atoms with Crippen LogP contribution in [0.1, 0.15) is 0 Å². The summed E-state index contributed by atoms with van der Waals surface area (Å²) in [5.74, 6) is 1.78. The van der Waals surface area contributed by atoms with Crippen LogP contribution in [0, 0.1) is 0 Å². The first kappa shape index (κ1) is 21.1. The van der Waals surface area contributed by atoms with Gasteiger partial charge in [-0.1, -0.05) is 96.5 Å². The summed E-state index contributed by atoms with van der Waals surface area (Å²) in [4.78, 5) is 19.2. The van der Waals surface area contributed by atoms with Crippen molar-refractivity contribution < 1.29 is 0 Å². The fourth-order valence-electron chi connectivity index (χ4n) is 4.10. The van der Waals surface area contributed by atoms with Gasteiger partial charge in [-0.2, -0.15) is 0 Å². The monoisotopic (exact) mass is 470 g/mol. The zero-order valence-corrected chi connectivity index (χ0v) is 19.4. The smallest absolute Gasteiger partial charge is 0.164 e. The van der Waals surface area contributed by atoms with Gasteiger partial charge in [0.05, 0.1) is 5.52 Å². The summed E-state index contributed by atoms with van der Waals surface area (Å²) in [6.45, 7) is 0. The summed E-state index contributed by atoms with van der Waals surface area (Å²) in [5.41, 5.74) is 5.54. The number of aromatic nitrogens is 4. The lowest BCUT2D eigenvalue weighted by Crippen LogP contribution is -2.01. The van der Waals surface area contributed by atoms with Crippen molar-refractivity contribution in [3.8, 4) is 45.3 Å². The molecule has 0 aliphatic heterocycles. The molecule has 0 saturated carbocycles. The van der Waals surface area contributed by atoms with Gasteiger partial charge in [-0.05, 0) is 29.8 Å². The SMILES string of the molecule is Clc1ccc(-c2cnc3ccccc3c2)c(-c2nc(-c3ccccc3)nc(-c3ccccc3)n2)c1. The molecule has 4 aromatic carbocycles. The van der Waals surface area contributed by atoms with E-state index in [4.69, 9.17) is 26.6 Å². The van der Waals surface area contributed by atoms with Gasteiger partial charge in [-0.3, -0.25) is 4.98 Å². The zero-order valence-electron chi connectivity index (χ0n) is 18.6. The van der Waals surface area contributed by atoms with Crippen molar-refractivity contribution in [1.29, 1.82) is 0 Å². The maximum absolute atomic E-state index is 6.48. The third-order valence-electron chi connectivity index (χ3n) is 5.82. The van der Waals surface area contributed by atoms with Gasteiger partial charge < -0.3 is 0 Å². The van der Waals surface area contributed by atoms with Crippen LogP contribution in [0.3, 0.4) is 0 Å². The molecule has 0 amide bonds. The Balaban J connectivity index is 1.58. The number of hydrogen-bond acceptors (Lipinski definition) is 4. The molecule has 6 rings (SSSR count). The second-order valence-corrected chi connectivity index (χ2v) is 8.58. The van der Waals surface area contributed by atoms with Gasteiger partial charge in [0.15, 0.2) is 17.5 Å². The van der Waals surface area contributed by atoms with E-state index in [0.29, 0.717) is 22.5 Å². The van der Waals surface area contributed by atoms with Crippen LogP contribution >= 0.6 is 11.6 Å². The van der Waals surface area contributed by atoms with E-state index in [0.717, 1.165) is 38.7 Å². The Morgan fingerprint density at radius 1 is 0.486 bits per heavy atom. The summed E-state index contributed by atoms with van der Waals surface area (Å²) >= 11 is 6.48. The van der Waals surface area contributed by atoms with E-state index in [1.807, 2.05) is 103 Å². The molecule has 2 aromatic heterocycles. The van der Waals surface area contributed by atoms with Crippen LogP contribution in [0.15, 0.2) is 115 Å². The Morgan fingerprint density at radius 2 is 1.09 bits per heavy atom. The van der Waals surface area contributed by atoms with Crippen molar-refractivity contribution in [2.45, 2.75) is 0 Å². The molecule has 0 bridgehead atoms. The van der Waals surface area contributed by atoms with Crippen molar-refractivity contribution in [2.75, 3.05) is 0 Å². The minimum Gasteiger partial charge on any atom is -0.256 e. The molecular weight excluding hydrogens is 452 g/mol. The summed E-state index contributed by atoms with van der Waals surface area (Å²) in [6.07, 6.45) is 1.88. The van der Waals surface area contributed by atoms with E-state index < -0.39 is 0 Å². The summed E-state index contributed by atoms with van der Waals surface area (Å²) < 4.78 is 0. The predicted molar refractivity (Wildman–Crippen MR) is 142 cm³/mol. The number of fused-ring (bicyclic) bond motifs is 1. The molecule has 0 unspecified atom stereocenters. The molecule has 166 valence electrons. The minimum atomic E-state index is 0.559. The predicted octanol–water partition coefficient (Wildman–Crippen LogP) is 7.74. The van der Waals surface area contributed by atoms with Gasteiger partial charge in [0.25, 0.3) is 0 Å². The molecule has 6 aromatic rings. The first-order valence-corrected chi connectivity index (χ1v) is 11.6. The molecule has 0 spiro atoms. The summed E-state index contributed by atoms with van der Waals surface area (Å²) in [7, 11) is 0. The van der Waals surface area contributed by atoms with Crippen LogP contribution in [0.25, 0.3) is 56.2 Å². The van der Waals surface area contributed by atoms with E-state index in [1.54, 1.807) is 0 Å². The van der Waals surface area contributed by atoms with Crippen LogP contribution in [-0.2, 0) is 0 Å². The van der Waals surface area contributed by atoms with Crippen molar-refractivity contribution in [3.63, 3.8) is 0 Å². The number of nitrogens with zero attached hydrogens (tertiary/aromatic N) is 4. The zero-order chi connectivity index (χ0) is 23.6. The second-order valence-electron chi connectivity index (χ2n) is 8.14. The van der Waals surface area contributed by atoms with Gasteiger partial charge in [0, 0.05) is 38.9 Å². The quantitative estimate of drug-likeness (QED) is 0.264.